The van der Waals surface area contributed by atoms with E-state index in [1.165, 1.54) is 0 Å². The van der Waals surface area contributed by atoms with E-state index in [2.05, 4.69) is 6.92 Å². The van der Waals surface area contributed by atoms with Crippen LogP contribution in [0.1, 0.15) is 18.9 Å². The molecule has 0 radical (unpaired) electrons. The Morgan fingerprint density at radius 1 is 1.29 bits per heavy atom. The molecule has 0 saturated carbocycles. The van der Waals surface area contributed by atoms with Crippen molar-refractivity contribution in [1.82, 2.24) is 0 Å². The Morgan fingerprint density at radius 2 is 1.88 bits per heavy atom. The van der Waals surface area contributed by atoms with E-state index in [4.69, 9.17) is 33.7 Å². The predicted octanol–water partition coefficient (Wildman–Crippen LogP) is 3.54. The van der Waals surface area contributed by atoms with Crippen molar-refractivity contribution in [3.8, 4) is 0 Å². The molecule has 0 heterocycles. The molecule has 17 heavy (non-hydrogen) atoms. The van der Waals surface area contributed by atoms with E-state index < -0.39 is 0 Å². The summed E-state index contributed by atoms with van der Waals surface area (Å²) in [7, 11) is 1.70. The number of rotatable bonds is 6. The fraction of sp³-hybridized carbons (Fsp3) is 0.538. The molecule has 0 fully saturated rings. The summed E-state index contributed by atoms with van der Waals surface area (Å²) < 4.78 is 5.05. The van der Waals surface area contributed by atoms with Crippen molar-refractivity contribution in [3.63, 3.8) is 0 Å². The van der Waals surface area contributed by atoms with Crippen molar-refractivity contribution in [2.75, 3.05) is 13.7 Å². The van der Waals surface area contributed by atoms with Crippen molar-refractivity contribution in [2.24, 2.45) is 11.7 Å². The maximum atomic E-state index is 6.15. The van der Waals surface area contributed by atoms with Crippen LogP contribution in [0.4, 0.5) is 0 Å². The summed E-state index contributed by atoms with van der Waals surface area (Å²) in [5.74, 6) is 0.377. The lowest BCUT2D eigenvalue weighted by molar-refractivity contribution is 0.174. The lowest BCUT2D eigenvalue weighted by Gasteiger charge is -2.20. The summed E-state index contributed by atoms with van der Waals surface area (Å²) in [5.41, 5.74) is 7.09. The Morgan fingerprint density at radius 3 is 2.41 bits per heavy atom. The van der Waals surface area contributed by atoms with Gasteiger partial charge in [-0.1, -0.05) is 36.2 Å². The quantitative estimate of drug-likeness (QED) is 0.862. The summed E-state index contributed by atoms with van der Waals surface area (Å²) in [5, 5.41) is 1.37. The minimum absolute atomic E-state index is 0.0440. The van der Waals surface area contributed by atoms with Gasteiger partial charge in [0.1, 0.15) is 0 Å². The van der Waals surface area contributed by atoms with Crippen molar-refractivity contribution in [1.29, 1.82) is 0 Å². The van der Waals surface area contributed by atoms with Gasteiger partial charge in [0.05, 0.1) is 0 Å². The highest BCUT2D eigenvalue weighted by molar-refractivity contribution is 6.35. The Kier molecular flexibility index (Phi) is 6.28. The van der Waals surface area contributed by atoms with E-state index in [1.807, 2.05) is 18.2 Å². The van der Waals surface area contributed by atoms with Gasteiger partial charge in [0, 0.05) is 29.8 Å². The molecule has 2 N–H and O–H groups in total. The highest BCUT2D eigenvalue weighted by atomic mass is 35.5. The van der Waals surface area contributed by atoms with Gasteiger partial charge in [-0.05, 0) is 36.5 Å². The van der Waals surface area contributed by atoms with E-state index in [-0.39, 0.29) is 6.04 Å². The first-order chi connectivity index (χ1) is 8.06. The first kappa shape index (κ1) is 14.8. The molecule has 1 aromatic rings. The molecule has 2 unspecified atom stereocenters. The number of benzene rings is 1. The van der Waals surface area contributed by atoms with Gasteiger partial charge in [-0.15, -0.1) is 0 Å². The van der Waals surface area contributed by atoms with Crippen molar-refractivity contribution < 1.29 is 4.74 Å². The molecule has 0 aliphatic rings. The average Bonchev–Trinajstić information content (AvgIpc) is 2.30. The normalized spacial score (nSPS) is 14.6. The molecule has 2 atom stereocenters. The average molecular weight is 276 g/mol. The minimum atomic E-state index is 0.0440. The van der Waals surface area contributed by atoms with Crippen LogP contribution in [0, 0.1) is 5.92 Å². The van der Waals surface area contributed by atoms with Crippen molar-refractivity contribution >= 4 is 23.2 Å². The highest BCUT2D eigenvalue weighted by Gasteiger charge is 2.16. The summed E-state index contributed by atoms with van der Waals surface area (Å²) in [4.78, 5) is 0. The molecular weight excluding hydrogens is 257 g/mol. The van der Waals surface area contributed by atoms with Gasteiger partial charge in [-0.25, -0.2) is 0 Å². The molecular formula is C13H19Cl2NO. The predicted molar refractivity (Wildman–Crippen MR) is 73.8 cm³/mol. The van der Waals surface area contributed by atoms with Crippen LogP contribution < -0.4 is 5.73 Å². The second-order valence-corrected chi connectivity index (χ2v) is 5.14. The van der Waals surface area contributed by atoms with Gasteiger partial charge in [-0.2, -0.15) is 0 Å². The second-order valence-electron chi connectivity index (χ2n) is 4.33. The van der Waals surface area contributed by atoms with E-state index >= 15 is 0 Å². The van der Waals surface area contributed by atoms with Crippen LogP contribution >= 0.6 is 23.2 Å². The van der Waals surface area contributed by atoms with E-state index in [0.717, 1.165) is 18.6 Å². The molecule has 1 rings (SSSR count). The Bertz CT molecular complexity index is 337. The van der Waals surface area contributed by atoms with Crippen molar-refractivity contribution in [3.05, 3.63) is 33.8 Å². The number of hydrogen-bond acceptors (Lipinski definition) is 2. The Labute approximate surface area is 113 Å². The maximum Gasteiger partial charge on any atom is 0.0465 e. The molecule has 0 spiro atoms. The fourth-order valence-electron chi connectivity index (χ4n) is 1.68. The number of halogens is 2. The zero-order chi connectivity index (χ0) is 12.8. The minimum Gasteiger partial charge on any atom is -0.385 e. The summed E-state index contributed by atoms with van der Waals surface area (Å²) in [6.07, 6.45) is 1.64. The molecule has 96 valence electrons. The number of ether oxygens (including phenoxy) is 1. The maximum absolute atomic E-state index is 6.15. The number of hydrogen-bond donors (Lipinski definition) is 1. The van der Waals surface area contributed by atoms with Gasteiger partial charge >= 0.3 is 0 Å². The molecule has 4 heteroatoms. The smallest absolute Gasteiger partial charge is 0.0465 e. The monoisotopic (exact) mass is 275 g/mol. The van der Waals surface area contributed by atoms with Crippen LogP contribution in [0.2, 0.25) is 10.0 Å². The molecule has 0 aliphatic heterocycles. The van der Waals surface area contributed by atoms with Crippen LogP contribution in [-0.2, 0) is 11.2 Å². The van der Waals surface area contributed by atoms with Gasteiger partial charge < -0.3 is 10.5 Å². The van der Waals surface area contributed by atoms with Crippen LogP contribution in [-0.4, -0.2) is 19.8 Å². The third-order valence-corrected chi connectivity index (χ3v) is 3.72. The van der Waals surface area contributed by atoms with Gasteiger partial charge in [0.15, 0.2) is 0 Å². The number of nitrogens with two attached hydrogens (primary N) is 1. The third-order valence-electron chi connectivity index (χ3n) is 3.01. The van der Waals surface area contributed by atoms with Crippen molar-refractivity contribution in [2.45, 2.75) is 25.8 Å². The van der Waals surface area contributed by atoms with Gasteiger partial charge in [0.2, 0.25) is 0 Å². The topological polar surface area (TPSA) is 35.2 Å². The van der Waals surface area contributed by atoms with Crippen LogP contribution in [0.5, 0.6) is 0 Å². The molecule has 0 saturated heterocycles. The molecule has 0 aromatic heterocycles. The van der Waals surface area contributed by atoms with E-state index in [9.17, 15) is 0 Å². The molecule has 0 aliphatic carbocycles. The fourth-order valence-corrected chi connectivity index (χ4v) is 2.23. The third kappa shape index (κ3) is 4.47. The summed E-state index contributed by atoms with van der Waals surface area (Å²) in [6, 6.07) is 5.57. The zero-order valence-electron chi connectivity index (χ0n) is 10.2. The van der Waals surface area contributed by atoms with Gasteiger partial charge in [-0.3, -0.25) is 0 Å². The Hall–Kier alpha value is -0.280. The van der Waals surface area contributed by atoms with Crippen LogP contribution in [0.25, 0.3) is 0 Å². The molecule has 0 bridgehead atoms. The molecule has 0 amide bonds. The second kappa shape index (κ2) is 7.22. The van der Waals surface area contributed by atoms with E-state index in [0.29, 0.717) is 22.4 Å². The Balaban J connectivity index is 2.64. The molecule has 1 aromatic carbocycles. The van der Waals surface area contributed by atoms with Crippen LogP contribution in [0.15, 0.2) is 18.2 Å². The van der Waals surface area contributed by atoms with Crippen LogP contribution in [0.3, 0.4) is 0 Å². The summed E-state index contributed by atoms with van der Waals surface area (Å²) in [6.45, 7) is 2.85. The summed E-state index contributed by atoms with van der Waals surface area (Å²) >= 11 is 12.2. The number of methoxy groups -OCH3 is 1. The lowest BCUT2D eigenvalue weighted by Crippen LogP contribution is -2.31. The zero-order valence-corrected chi connectivity index (χ0v) is 11.8. The highest BCUT2D eigenvalue weighted by Crippen LogP contribution is 2.26. The first-order valence-corrected chi connectivity index (χ1v) is 6.49. The first-order valence-electron chi connectivity index (χ1n) is 5.73. The van der Waals surface area contributed by atoms with E-state index in [1.54, 1.807) is 7.11 Å². The largest absolute Gasteiger partial charge is 0.385 e. The van der Waals surface area contributed by atoms with Gasteiger partial charge in [0.25, 0.3) is 0 Å². The lowest BCUT2D eigenvalue weighted by atomic mass is 9.93. The SMILES string of the molecule is COCCC(C)C(N)Cc1c(Cl)cccc1Cl. The molecule has 2 nitrogen and oxygen atoms in total. The standard InChI is InChI=1S/C13H19Cl2NO/c1-9(6-7-17-2)13(16)8-10-11(14)4-3-5-12(10)15/h3-5,9,13H,6-8,16H2,1-2H3.